The van der Waals surface area contributed by atoms with Gasteiger partial charge in [0.25, 0.3) is 0 Å². The molecular formula is C19H34O3Si. The van der Waals surface area contributed by atoms with Crippen molar-refractivity contribution in [3.8, 4) is 0 Å². The molecule has 0 saturated carbocycles. The summed E-state index contributed by atoms with van der Waals surface area (Å²) < 4.78 is 6.54. The molecule has 0 unspecified atom stereocenters. The van der Waals surface area contributed by atoms with E-state index in [1.807, 2.05) is 0 Å². The molecule has 0 aromatic rings. The number of hydrogen-bond acceptors (Lipinski definition) is 3. The molecule has 132 valence electrons. The number of Topliss-reactive ketones (excluding diaryl/α,β-unsaturated/α-hetero) is 1. The third kappa shape index (κ3) is 4.23. The largest absolute Gasteiger partial charge is 0.412 e. The van der Waals surface area contributed by atoms with Crippen molar-refractivity contribution in [1.29, 1.82) is 0 Å². The van der Waals surface area contributed by atoms with Crippen LogP contribution in [0.4, 0.5) is 0 Å². The van der Waals surface area contributed by atoms with Crippen LogP contribution in [0.25, 0.3) is 0 Å². The maximum absolute atomic E-state index is 11.9. The lowest BCUT2D eigenvalue weighted by atomic mass is 9.83. The molecule has 2 atom stereocenters. The fourth-order valence-corrected chi connectivity index (χ4v) is 9.59. The van der Waals surface area contributed by atoms with Gasteiger partial charge in [-0.3, -0.25) is 4.79 Å². The van der Waals surface area contributed by atoms with Crippen LogP contribution in [0.1, 0.15) is 54.9 Å². The molecule has 0 saturated heterocycles. The van der Waals surface area contributed by atoms with Crippen LogP contribution >= 0.6 is 0 Å². The molecule has 0 amide bonds. The van der Waals surface area contributed by atoms with Gasteiger partial charge in [0.1, 0.15) is 0 Å². The van der Waals surface area contributed by atoms with Gasteiger partial charge in [-0.05, 0) is 40.8 Å². The Balaban J connectivity index is 2.87. The van der Waals surface area contributed by atoms with Gasteiger partial charge in [0.05, 0.1) is 12.7 Å². The van der Waals surface area contributed by atoms with Crippen molar-refractivity contribution < 1.29 is 14.3 Å². The van der Waals surface area contributed by atoms with E-state index >= 15 is 0 Å². The van der Waals surface area contributed by atoms with Crippen molar-refractivity contribution >= 4 is 14.1 Å². The smallest absolute Gasteiger partial charge is 0.200 e. The zero-order valence-corrected chi connectivity index (χ0v) is 16.8. The van der Waals surface area contributed by atoms with Gasteiger partial charge in [0.15, 0.2) is 5.78 Å². The fourth-order valence-electron chi connectivity index (χ4n) is 4.16. The molecule has 1 rings (SSSR count). The monoisotopic (exact) mass is 338 g/mol. The normalized spacial score (nSPS) is 22.9. The van der Waals surface area contributed by atoms with E-state index in [-0.39, 0.29) is 11.7 Å². The molecule has 0 fully saturated rings. The maximum atomic E-state index is 11.9. The zero-order valence-electron chi connectivity index (χ0n) is 15.8. The molecule has 1 aliphatic carbocycles. The van der Waals surface area contributed by atoms with Crippen molar-refractivity contribution in [1.82, 2.24) is 0 Å². The van der Waals surface area contributed by atoms with Gasteiger partial charge in [0, 0.05) is 12.3 Å². The van der Waals surface area contributed by atoms with Crippen LogP contribution in [0.3, 0.4) is 0 Å². The third-order valence-electron chi connectivity index (χ3n) is 5.42. The first kappa shape index (κ1) is 20.3. The molecule has 1 N–H and O–H groups in total. The standard InChI is InChI=1S/C19H34O3Si/c1-12(2)23(13(3)4,14(5)6)22-11-16(8)17-10-18(20)15(7)9-19(17)21/h9,12-14,17,19,21H,8,10-11H2,1-7H3/t17-,19+/m1/s1. The van der Waals surface area contributed by atoms with Gasteiger partial charge >= 0.3 is 0 Å². The summed E-state index contributed by atoms with van der Waals surface area (Å²) in [5.41, 5.74) is 3.02. The molecule has 0 spiro atoms. The molecule has 23 heavy (non-hydrogen) atoms. The fraction of sp³-hybridized carbons (Fsp3) is 0.737. The van der Waals surface area contributed by atoms with Crippen molar-refractivity contribution in [3.05, 3.63) is 23.8 Å². The summed E-state index contributed by atoms with van der Waals surface area (Å²) in [6.07, 6.45) is 1.36. The lowest BCUT2D eigenvalue weighted by Gasteiger charge is -2.43. The Labute approximate surface area is 142 Å². The van der Waals surface area contributed by atoms with E-state index in [1.165, 1.54) is 0 Å². The number of allylic oxidation sites excluding steroid dienone is 1. The second-order valence-corrected chi connectivity index (χ2v) is 13.3. The highest BCUT2D eigenvalue weighted by atomic mass is 28.4. The minimum absolute atomic E-state index is 0.0986. The van der Waals surface area contributed by atoms with E-state index in [2.05, 4.69) is 48.1 Å². The second kappa shape index (κ2) is 7.91. The molecule has 4 heteroatoms. The average molecular weight is 339 g/mol. The Morgan fingerprint density at radius 1 is 1.26 bits per heavy atom. The minimum atomic E-state index is -1.95. The molecule has 0 bridgehead atoms. The van der Waals surface area contributed by atoms with E-state index in [0.29, 0.717) is 35.2 Å². The van der Waals surface area contributed by atoms with Crippen molar-refractivity contribution in [2.75, 3.05) is 6.61 Å². The van der Waals surface area contributed by atoms with Gasteiger partial charge in [-0.2, -0.15) is 0 Å². The SMILES string of the molecule is C=C(CO[Si](C(C)C)(C(C)C)C(C)C)[C@H]1CC(=O)C(C)=C[C@@H]1O. The number of aliphatic hydroxyl groups is 1. The van der Waals surface area contributed by atoms with Crippen molar-refractivity contribution in [2.24, 2.45) is 5.92 Å². The van der Waals surface area contributed by atoms with E-state index < -0.39 is 14.4 Å². The summed E-state index contributed by atoms with van der Waals surface area (Å²) in [6.45, 7) is 19.8. The Hall–Kier alpha value is -0.713. The number of carbonyl (C=O) groups is 1. The van der Waals surface area contributed by atoms with E-state index in [1.54, 1.807) is 13.0 Å². The molecule has 0 aromatic heterocycles. The van der Waals surface area contributed by atoms with E-state index in [0.717, 1.165) is 5.57 Å². The first-order valence-corrected chi connectivity index (χ1v) is 10.9. The minimum Gasteiger partial charge on any atom is -0.412 e. The van der Waals surface area contributed by atoms with Gasteiger partial charge in [-0.1, -0.05) is 48.1 Å². The number of aliphatic hydroxyl groups excluding tert-OH is 1. The Morgan fingerprint density at radius 3 is 2.17 bits per heavy atom. The van der Waals surface area contributed by atoms with Gasteiger partial charge in [-0.25, -0.2) is 0 Å². The lowest BCUT2D eigenvalue weighted by Crippen LogP contribution is -2.48. The highest BCUT2D eigenvalue weighted by Gasteiger charge is 2.45. The molecule has 0 radical (unpaired) electrons. The molecular weight excluding hydrogens is 304 g/mol. The van der Waals surface area contributed by atoms with Crippen molar-refractivity contribution in [3.63, 3.8) is 0 Å². The predicted octanol–water partition coefficient (Wildman–Crippen LogP) is 4.63. The Kier molecular flexibility index (Phi) is 6.99. The number of carbonyl (C=O) groups excluding carboxylic acids is 1. The summed E-state index contributed by atoms with van der Waals surface area (Å²) in [7, 11) is -1.95. The highest BCUT2D eigenvalue weighted by molar-refractivity contribution is 6.77. The van der Waals surface area contributed by atoms with Crippen LogP contribution in [0.15, 0.2) is 23.8 Å². The van der Waals surface area contributed by atoms with E-state index in [4.69, 9.17) is 4.43 Å². The second-order valence-electron chi connectivity index (χ2n) is 7.84. The van der Waals surface area contributed by atoms with Gasteiger partial charge in [-0.15, -0.1) is 0 Å². The maximum Gasteiger partial charge on any atom is 0.200 e. The van der Waals surface area contributed by atoms with Gasteiger partial charge < -0.3 is 9.53 Å². The number of rotatable bonds is 7. The van der Waals surface area contributed by atoms with Crippen LogP contribution in [-0.4, -0.2) is 31.9 Å². The summed E-state index contributed by atoms with van der Waals surface area (Å²) in [4.78, 5) is 11.9. The first-order valence-electron chi connectivity index (χ1n) is 8.75. The average Bonchev–Trinajstić information content (AvgIpc) is 2.42. The van der Waals surface area contributed by atoms with Crippen LogP contribution < -0.4 is 0 Å². The Morgan fingerprint density at radius 2 is 1.74 bits per heavy atom. The number of ketones is 1. The molecule has 0 aromatic carbocycles. The van der Waals surface area contributed by atoms with Crippen LogP contribution in [0.5, 0.6) is 0 Å². The summed E-state index contributed by atoms with van der Waals surface area (Å²) >= 11 is 0. The van der Waals surface area contributed by atoms with E-state index in [9.17, 15) is 9.90 Å². The van der Waals surface area contributed by atoms with Crippen LogP contribution in [-0.2, 0) is 9.22 Å². The zero-order chi connectivity index (χ0) is 17.9. The summed E-state index contributed by atoms with van der Waals surface area (Å²) in [5, 5.41) is 10.3. The molecule has 0 heterocycles. The topological polar surface area (TPSA) is 46.5 Å². The third-order valence-corrected chi connectivity index (χ3v) is 11.5. The van der Waals surface area contributed by atoms with Crippen LogP contribution in [0, 0.1) is 5.92 Å². The molecule has 3 nitrogen and oxygen atoms in total. The molecule has 1 aliphatic rings. The Bertz CT molecular complexity index is 455. The highest BCUT2D eigenvalue weighted by Crippen LogP contribution is 2.42. The predicted molar refractivity (Wildman–Crippen MR) is 99.0 cm³/mol. The first-order chi connectivity index (χ1) is 10.5. The lowest BCUT2D eigenvalue weighted by molar-refractivity contribution is -0.117. The quantitative estimate of drug-likeness (QED) is 0.544. The number of hydrogen-bond donors (Lipinski definition) is 1. The van der Waals surface area contributed by atoms with Gasteiger partial charge in [0.2, 0.25) is 8.32 Å². The summed E-state index contributed by atoms with van der Waals surface area (Å²) in [6, 6.07) is 0. The van der Waals surface area contributed by atoms with Crippen LogP contribution in [0.2, 0.25) is 16.6 Å². The van der Waals surface area contributed by atoms with Crippen molar-refractivity contribution in [2.45, 2.75) is 77.6 Å². The summed E-state index contributed by atoms with van der Waals surface area (Å²) in [5.74, 6) is -0.120. The molecule has 0 aliphatic heterocycles.